The quantitative estimate of drug-likeness (QED) is 0.655. The lowest BCUT2D eigenvalue weighted by Gasteiger charge is -2.30. The van der Waals surface area contributed by atoms with Crippen LogP contribution in [0, 0.1) is 0 Å². The Kier molecular flexibility index (Phi) is 5.79. The van der Waals surface area contributed by atoms with Gasteiger partial charge in [-0.05, 0) is 42.7 Å². The van der Waals surface area contributed by atoms with Gasteiger partial charge in [0.05, 0.1) is 15.7 Å². The molecule has 6 nitrogen and oxygen atoms in total. The van der Waals surface area contributed by atoms with Gasteiger partial charge < -0.3 is 9.80 Å². The lowest BCUT2D eigenvalue weighted by atomic mass is 10.1. The van der Waals surface area contributed by atoms with Gasteiger partial charge in [0.25, 0.3) is 15.9 Å². The predicted molar refractivity (Wildman–Crippen MR) is 119 cm³/mol. The highest BCUT2D eigenvalue weighted by Gasteiger charge is 2.32. The Morgan fingerprint density at radius 3 is 2.77 bits per heavy atom. The topological polar surface area (TPSA) is 70.0 Å². The largest absolute Gasteiger partial charge is 0.337 e. The fourth-order valence-electron chi connectivity index (χ4n) is 3.83. The second-order valence-corrected chi connectivity index (χ2v) is 9.86. The van der Waals surface area contributed by atoms with Crippen molar-refractivity contribution in [3.63, 3.8) is 0 Å². The summed E-state index contributed by atoms with van der Waals surface area (Å²) in [6, 6.07) is 10.0. The number of nitrogens with zero attached hydrogens (tertiary/aromatic N) is 3. The number of anilines is 1. The summed E-state index contributed by atoms with van der Waals surface area (Å²) in [5, 5.41) is 0.816. The average molecular weight is 466 g/mol. The SMILES string of the molecule is CN(Cc1cccc(Cl)c1Cl)C(=O)c1ccc2c(c1)S(=O)(=O)N=C1CCCCCN12. The van der Waals surface area contributed by atoms with Gasteiger partial charge in [-0.1, -0.05) is 41.8 Å². The molecule has 2 heterocycles. The van der Waals surface area contributed by atoms with E-state index < -0.39 is 10.0 Å². The summed E-state index contributed by atoms with van der Waals surface area (Å²) in [6.45, 7) is 0.971. The molecule has 0 saturated carbocycles. The van der Waals surface area contributed by atoms with Gasteiger partial charge >= 0.3 is 0 Å². The van der Waals surface area contributed by atoms with E-state index in [2.05, 4.69) is 4.40 Å². The van der Waals surface area contributed by atoms with Crippen LogP contribution in [0.2, 0.25) is 10.0 Å². The first-order valence-electron chi connectivity index (χ1n) is 9.72. The zero-order chi connectivity index (χ0) is 21.5. The van der Waals surface area contributed by atoms with Gasteiger partial charge in [0.1, 0.15) is 10.7 Å². The summed E-state index contributed by atoms with van der Waals surface area (Å²) in [5.74, 6) is 0.279. The van der Waals surface area contributed by atoms with Crippen LogP contribution in [0.25, 0.3) is 0 Å². The fraction of sp³-hybridized carbons (Fsp3) is 0.333. The van der Waals surface area contributed by atoms with Crippen molar-refractivity contribution in [1.82, 2.24) is 4.90 Å². The number of fused-ring (bicyclic) bond motifs is 3. The predicted octanol–water partition coefficient (Wildman–Crippen LogP) is 4.75. The molecule has 2 aliphatic heterocycles. The zero-order valence-electron chi connectivity index (χ0n) is 16.4. The van der Waals surface area contributed by atoms with Crippen molar-refractivity contribution >= 4 is 50.7 Å². The molecule has 0 N–H and O–H groups in total. The van der Waals surface area contributed by atoms with Crippen molar-refractivity contribution in [2.45, 2.75) is 37.1 Å². The number of carbonyl (C=O) groups excluding carboxylic acids is 1. The number of hydrogen-bond acceptors (Lipinski definition) is 4. The van der Waals surface area contributed by atoms with E-state index in [4.69, 9.17) is 23.2 Å². The van der Waals surface area contributed by atoms with E-state index in [-0.39, 0.29) is 22.9 Å². The molecule has 1 fully saturated rings. The number of halogens is 2. The highest BCUT2D eigenvalue weighted by molar-refractivity contribution is 7.90. The second kappa shape index (κ2) is 8.21. The van der Waals surface area contributed by atoms with Gasteiger partial charge in [-0.2, -0.15) is 8.42 Å². The normalized spacial score (nSPS) is 17.4. The molecule has 30 heavy (non-hydrogen) atoms. The lowest BCUT2D eigenvalue weighted by molar-refractivity contribution is 0.0785. The third-order valence-corrected chi connectivity index (χ3v) is 7.57. The molecule has 0 atom stereocenters. The highest BCUT2D eigenvalue weighted by atomic mass is 35.5. The van der Waals surface area contributed by atoms with Gasteiger partial charge in [0.2, 0.25) is 0 Å². The monoisotopic (exact) mass is 465 g/mol. The number of amidine groups is 1. The van der Waals surface area contributed by atoms with E-state index in [9.17, 15) is 13.2 Å². The number of rotatable bonds is 3. The number of benzene rings is 2. The number of carbonyl (C=O) groups is 1. The molecular weight excluding hydrogens is 445 g/mol. The van der Waals surface area contributed by atoms with Gasteiger partial charge in [-0.3, -0.25) is 4.79 Å². The minimum atomic E-state index is -3.84. The number of sulfonamides is 1. The maximum absolute atomic E-state index is 13.0. The van der Waals surface area contributed by atoms with E-state index in [1.165, 1.54) is 11.0 Å². The standard InChI is InChI=1S/C21H21Cl2N3O3S/c1-25(13-15-6-5-7-16(22)20(15)23)21(27)14-9-10-17-18(12-14)30(28,29)24-19-8-3-2-4-11-26(17)19/h5-7,9-10,12H,2-4,8,11,13H2,1H3. The van der Waals surface area contributed by atoms with E-state index in [1.54, 1.807) is 37.4 Å². The van der Waals surface area contributed by atoms with Crippen molar-refractivity contribution in [3.05, 3.63) is 57.6 Å². The van der Waals surface area contributed by atoms with Crippen LogP contribution >= 0.6 is 23.2 Å². The van der Waals surface area contributed by atoms with Gasteiger partial charge in [-0.25, -0.2) is 0 Å². The Balaban J connectivity index is 1.64. The molecule has 0 radical (unpaired) electrons. The van der Waals surface area contributed by atoms with Crippen molar-refractivity contribution in [3.8, 4) is 0 Å². The first-order chi connectivity index (χ1) is 14.3. The first-order valence-corrected chi connectivity index (χ1v) is 11.9. The summed E-state index contributed by atoms with van der Waals surface area (Å²) in [6.07, 6.45) is 3.58. The van der Waals surface area contributed by atoms with Crippen LogP contribution in [0.4, 0.5) is 5.69 Å². The molecule has 0 bridgehead atoms. The van der Waals surface area contributed by atoms with Crippen LogP contribution < -0.4 is 4.90 Å². The Bertz CT molecular complexity index is 1150. The zero-order valence-corrected chi connectivity index (χ0v) is 18.8. The van der Waals surface area contributed by atoms with Crippen molar-refractivity contribution in [2.75, 3.05) is 18.5 Å². The number of hydrogen-bond donors (Lipinski definition) is 0. The number of amides is 1. The molecule has 0 unspecified atom stereocenters. The maximum atomic E-state index is 13.0. The molecule has 1 saturated heterocycles. The summed E-state index contributed by atoms with van der Waals surface area (Å²) >= 11 is 12.3. The minimum absolute atomic E-state index is 0.0770. The minimum Gasteiger partial charge on any atom is -0.337 e. The molecule has 0 aliphatic carbocycles. The van der Waals surface area contributed by atoms with E-state index in [0.29, 0.717) is 33.6 Å². The van der Waals surface area contributed by atoms with Crippen LogP contribution in [0.1, 0.15) is 41.6 Å². The van der Waals surface area contributed by atoms with Gasteiger partial charge in [-0.15, -0.1) is 4.40 Å². The van der Waals surface area contributed by atoms with Gasteiger partial charge in [0, 0.05) is 32.1 Å². The Morgan fingerprint density at radius 2 is 1.97 bits per heavy atom. The van der Waals surface area contributed by atoms with Crippen LogP contribution in [-0.4, -0.2) is 38.7 Å². The molecule has 0 spiro atoms. The third-order valence-electron chi connectivity index (χ3n) is 5.38. The molecule has 4 rings (SSSR count). The third kappa shape index (κ3) is 3.94. The summed E-state index contributed by atoms with van der Waals surface area (Å²) < 4.78 is 29.6. The Morgan fingerprint density at radius 1 is 1.17 bits per heavy atom. The van der Waals surface area contributed by atoms with E-state index in [1.807, 2.05) is 4.90 Å². The highest BCUT2D eigenvalue weighted by Crippen LogP contribution is 2.35. The van der Waals surface area contributed by atoms with Gasteiger partial charge in [0.15, 0.2) is 0 Å². The molecule has 0 aromatic heterocycles. The van der Waals surface area contributed by atoms with Crippen LogP contribution in [-0.2, 0) is 16.6 Å². The first kappa shape index (κ1) is 21.2. The van der Waals surface area contributed by atoms with E-state index >= 15 is 0 Å². The molecule has 158 valence electrons. The Hall–Kier alpha value is -2.09. The Labute approximate surface area is 186 Å². The molecule has 9 heteroatoms. The average Bonchev–Trinajstić information content (AvgIpc) is 2.95. The van der Waals surface area contributed by atoms with Crippen molar-refractivity contribution in [1.29, 1.82) is 0 Å². The smallest absolute Gasteiger partial charge is 0.286 e. The van der Waals surface area contributed by atoms with Crippen molar-refractivity contribution in [2.24, 2.45) is 4.40 Å². The van der Waals surface area contributed by atoms with Crippen LogP contribution in [0.15, 0.2) is 45.7 Å². The second-order valence-electron chi connectivity index (χ2n) is 7.50. The molecule has 2 aliphatic rings. The molecule has 2 aromatic carbocycles. The summed E-state index contributed by atoms with van der Waals surface area (Å²) in [5.41, 5.74) is 1.59. The molecular formula is C21H21Cl2N3O3S. The molecule has 1 amide bonds. The van der Waals surface area contributed by atoms with Crippen LogP contribution in [0.3, 0.4) is 0 Å². The maximum Gasteiger partial charge on any atom is 0.286 e. The van der Waals surface area contributed by atoms with Crippen LogP contribution in [0.5, 0.6) is 0 Å². The van der Waals surface area contributed by atoms with E-state index in [0.717, 1.165) is 25.8 Å². The summed E-state index contributed by atoms with van der Waals surface area (Å²) in [4.78, 5) is 16.5. The summed E-state index contributed by atoms with van der Waals surface area (Å²) in [7, 11) is -2.21. The fourth-order valence-corrected chi connectivity index (χ4v) is 5.50. The lowest BCUT2D eigenvalue weighted by Crippen LogP contribution is -2.35. The molecule has 2 aromatic rings. The van der Waals surface area contributed by atoms with Crippen molar-refractivity contribution < 1.29 is 13.2 Å².